The number of nitrogens with one attached hydrogen (secondary N) is 1. The first-order valence-electron chi connectivity index (χ1n) is 7.97. The van der Waals surface area contributed by atoms with Crippen LogP contribution in [-0.4, -0.2) is 36.6 Å². The van der Waals surface area contributed by atoms with E-state index < -0.39 is 0 Å². The molecule has 0 aliphatic heterocycles. The Morgan fingerprint density at radius 3 is 2.27 bits per heavy atom. The highest BCUT2D eigenvalue weighted by Gasteiger charge is 2.07. The molecule has 6 heteroatoms. The van der Waals surface area contributed by atoms with Crippen LogP contribution in [0, 0.1) is 0 Å². The monoisotopic (exact) mass is 352 g/mol. The number of methoxy groups -OCH3 is 3. The predicted octanol–water partition coefficient (Wildman–Crippen LogP) is 3.98. The van der Waals surface area contributed by atoms with Gasteiger partial charge in [-0.1, -0.05) is 6.08 Å². The van der Waals surface area contributed by atoms with Crippen molar-refractivity contribution in [3.8, 4) is 34.3 Å². The molecule has 0 amide bonds. The molecule has 0 unspecified atom stereocenters. The minimum absolute atomic E-state index is 0.0962. The lowest BCUT2D eigenvalue weighted by atomic mass is 10.1. The van der Waals surface area contributed by atoms with E-state index in [-0.39, 0.29) is 5.75 Å². The molecule has 0 saturated carbocycles. The van der Waals surface area contributed by atoms with Crippen LogP contribution >= 0.6 is 0 Å². The molecule has 0 aliphatic rings. The van der Waals surface area contributed by atoms with Gasteiger partial charge in [-0.25, -0.2) is 0 Å². The quantitative estimate of drug-likeness (QED) is 0.702. The van der Waals surface area contributed by atoms with Crippen LogP contribution in [0.25, 0.3) is 23.4 Å². The molecule has 3 rings (SSSR count). The molecule has 0 radical (unpaired) electrons. The van der Waals surface area contributed by atoms with Crippen LogP contribution in [0.4, 0.5) is 0 Å². The molecule has 3 aromatic rings. The predicted molar refractivity (Wildman–Crippen MR) is 101 cm³/mol. The minimum atomic E-state index is 0.0962. The fourth-order valence-corrected chi connectivity index (χ4v) is 2.52. The zero-order chi connectivity index (χ0) is 18.5. The summed E-state index contributed by atoms with van der Waals surface area (Å²) in [6.07, 6.45) is 3.86. The van der Waals surface area contributed by atoms with Gasteiger partial charge in [0.1, 0.15) is 11.5 Å². The van der Waals surface area contributed by atoms with Crippen LogP contribution in [0.3, 0.4) is 0 Å². The van der Waals surface area contributed by atoms with Gasteiger partial charge in [-0.15, -0.1) is 0 Å². The molecule has 134 valence electrons. The SMILES string of the molecule is COc1cc(/C=C/c2cc(-c3ccc(O)c(OC)c3)n[nH]2)cc(OC)c1. The molecule has 1 aromatic heterocycles. The van der Waals surface area contributed by atoms with Gasteiger partial charge in [0.25, 0.3) is 0 Å². The van der Waals surface area contributed by atoms with E-state index in [0.29, 0.717) is 5.75 Å². The zero-order valence-corrected chi connectivity index (χ0v) is 14.8. The van der Waals surface area contributed by atoms with Crippen molar-refractivity contribution >= 4 is 12.2 Å². The highest BCUT2D eigenvalue weighted by molar-refractivity contribution is 5.72. The largest absolute Gasteiger partial charge is 0.504 e. The molecule has 0 atom stereocenters. The van der Waals surface area contributed by atoms with Crippen molar-refractivity contribution in [2.45, 2.75) is 0 Å². The summed E-state index contributed by atoms with van der Waals surface area (Å²) < 4.78 is 15.7. The molecule has 0 bridgehead atoms. The minimum Gasteiger partial charge on any atom is -0.504 e. The fraction of sp³-hybridized carbons (Fsp3) is 0.150. The number of benzene rings is 2. The number of aromatic amines is 1. The van der Waals surface area contributed by atoms with Gasteiger partial charge in [0.05, 0.1) is 32.7 Å². The fourth-order valence-electron chi connectivity index (χ4n) is 2.52. The van der Waals surface area contributed by atoms with Gasteiger partial charge in [0.2, 0.25) is 0 Å². The third kappa shape index (κ3) is 3.80. The van der Waals surface area contributed by atoms with Crippen LogP contribution in [0.5, 0.6) is 23.0 Å². The van der Waals surface area contributed by atoms with Crippen molar-refractivity contribution in [2.24, 2.45) is 0 Å². The number of aromatic hydroxyl groups is 1. The summed E-state index contributed by atoms with van der Waals surface area (Å²) in [6.45, 7) is 0. The normalized spacial score (nSPS) is 10.9. The first-order valence-corrected chi connectivity index (χ1v) is 7.97. The van der Waals surface area contributed by atoms with Crippen LogP contribution < -0.4 is 14.2 Å². The smallest absolute Gasteiger partial charge is 0.161 e. The first kappa shape index (κ1) is 17.4. The Kier molecular flexibility index (Phi) is 5.12. The summed E-state index contributed by atoms with van der Waals surface area (Å²) in [6, 6.07) is 12.7. The maximum atomic E-state index is 9.70. The highest BCUT2D eigenvalue weighted by atomic mass is 16.5. The number of H-pyrrole nitrogens is 1. The zero-order valence-electron chi connectivity index (χ0n) is 14.8. The van der Waals surface area contributed by atoms with E-state index in [4.69, 9.17) is 14.2 Å². The van der Waals surface area contributed by atoms with Gasteiger partial charge < -0.3 is 19.3 Å². The summed E-state index contributed by atoms with van der Waals surface area (Å²) in [5.41, 5.74) is 3.39. The number of ether oxygens (including phenoxy) is 3. The van der Waals surface area contributed by atoms with Crippen molar-refractivity contribution in [1.29, 1.82) is 0 Å². The molecular weight excluding hydrogens is 332 g/mol. The van der Waals surface area contributed by atoms with Crippen LogP contribution in [-0.2, 0) is 0 Å². The standard InChI is InChI=1S/C20H20N2O4/c1-24-16-8-13(9-17(12-16)25-2)4-6-15-11-18(22-21-15)14-5-7-19(23)20(10-14)26-3/h4-12,23H,1-3H3,(H,21,22)/b6-4+. The van der Waals surface area contributed by atoms with Crippen molar-refractivity contribution in [2.75, 3.05) is 21.3 Å². The lowest BCUT2D eigenvalue weighted by molar-refractivity contribution is 0.373. The van der Waals surface area contributed by atoms with E-state index in [9.17, 15) is 5.11 Å². The van der Waals surface area contributed by atoms with Crippen molar-refractivity contribution in [3.05, 3.63) is 53.7 Å². The van der Waals surface area contributed by atoms with Crippen molar-refractivity contribution in [3.63, 3.8) is 0 Å². The Morgan fingerprint density at radius 2 is 1.62 bits per heavy atom. The maximum absolute atomic E-state index is 9.70. The molecule has 2 N–H and O–H groups in total. The van der Waals surface area contributed by atoms with Crippen LogP contribution in [0.2, 0.25) is 0 Å². The first-order chi connectivity index (χ1) is 12.6. The van der Waals surface area contributed by atoms with Crippen molar-refractivity contribution < 1.29 is 19.3 Å². The third-order valence-corrected chi connectivity index (χ3v) is 3.90. The van der Waals surface area contributed by atoms with Crippen molar-refractivity contribution in [1.82, 2.24) is 10.2 Å². The van der Waals surface area contributed by atoms with E-state index in [1.54, 1.807) is 32.4 Å². The number of hydrogen-bond acceptors (Lipinski definition) is 5. The summed E-state index contributed by atoms with van der Waals surface area (Å²) in [7, 11) is 4.75. The average Bonchev–Trinajstić information content (AvgIpc) is 3.15. The van der Waals surface area contributed by atoms with Gasteiger partial charge >= 0.3 is 0 Å². The van der Waals surface area contributed by atoms with Gasteiger partial charge in [-0.2, -0.15) is 5.10 Å². The summed E-state index contributed by atoms with van der Waals surface area (Å²) in [4.78, 5) is 0. The summed E-state index contributed by atoms with van der Waals surface area (Å²) in [5, 5.41) is 17.0. The van der Waals surface area contributed by atoms with Gasteiger partial charge in [-0.05, 0) is 48.0 Å². The Balaban J connectivity index is 1.83. The second-order valence-electron chi connectivity index (χ2n) is 5.57. The number of nitrogens with zero attached hydrogens (tertiary/aromatic N) is 1. The Bertz CT molecular complexity index is 909. The highest BCUT2D eigenvalue weighted by Crippen LogP contribution is 2.31. The van der Waals surface area contributed by atoms with Gasteiger partial charge in [-0.3, -0.25) is 5.10 Å². The van der Waals surface area contributed by atoms with E-state index in [1.165, 1.54) is 7.11 Å². The Morgan fingerprint density at radius 1 is 0.885 bits per heavy atom. The average molecular weight is 352 g/mol. The molecule has 0 aliphatic carbocycles. The summed E-state index contributed by atoms with van der Waals surface area (Å²) in [5.74, 6) is 1.96. The molecule has 2 aromatic carbocycles. The number of phenolic OH excluding ortho intramolecular Hbond substituents is 1. The van der Waals surface area contributed by atoms with E-state index in [0.717, 1.165) is 34.0 Å². The second-order valence-corrected chi connectivity index (χ2v) is 5.57. The van der Waals surface area contributed by atoms with E-state index in [2.05, 4.69) is 10.2 Å². The van der Waals surface area contributed by atoms with Crippen LogP contribution in [0.15, 0.2) is 42.5 Å². The second kappa shape index (κ2) is 7.65. The topological polar surface area (TPSA) is 76.6 Å². The van der Waals surface area contributed by atoms with Gasteiger partial charge in [0.15, 0.2) is 11.5 Å². The molecule has 0 spiro atoms. The number of aromatic nitrogens is 2. The summed E-state index contributed by atoms with van der Waals surface area (Å²) >= 11 is 0. The molecule has 0 saturated heterocycles. The molecular formula is C20H20N2O4. The maximum Gasteiger partial charge on any atom is 0.161 e. The van der Waals surface area contributed by atoms with Gasteiger partial charge in [0, 0.05) is 11.6 Å². The molecule has 6 nitrogen and oxygen atoms in total. The lowest BCUT2D eigenvalue weighted by Gasteiger charge is -2.05. The lowest BCUT2D eigenvalue weighted by Crippen LogP contribution is -1.88. The van der Waals surface area contributed by atoms with E-state index in [1.807, 2.05) is 36.4 Å². The molecule has 26 heavy (non-hydrogen) atoms. The number of phenols is 1. The molecule has 1 heterocycles. The van der Waals surface area contributed by atoms with E-state index >= 15 is 0 Å². The third-order valence-electron chi connectivity index (χ3n) is 3.90. The number of rotatable bonds is 6. The van der Waals surface area contributed by atoms with Crippen LogP contribution in [0.1, 0.15) is 11.3 Å². The molecule has 0 fully saturated rings. The Hall–Kier alpha value is -3.41. The number of hydrogen-bond donors (Lipinski definition) is 2. The Labute approximate surface area is 151 Å².